The highest BCUT2D eigenvalue weighted by Crippen LogP contribution is 2.43. The zero-order chi connectivity index (χ0) is 19.7. The van der Waals surface area contributed by atoms with Crippen molar-refractivity contribution >= 4 is 44.7 Å². The van der Waals surface area contributed by atoms with Crippen LogP contribution in [-0.2, 0) is 9.59 Å². The van der Waals surface area contributed by atoms with Gasteiger partial charge in [0, 0.05) is 17.0 Å². The Balaban J connectivity index is 2.19. The second-order valence-electron chi connectivity index (χ2n) is 6.31. The summed E-state index contributed by atoms with van der Waals surface area (Å²) in [6.45, 7) is 4.36. The number of aryl methyl sites for hydroxylation is 1. The number of ketones is 1. The van der Waals surface area contributed by atoms with E-state index in [1.54, 1.807) is 30.2 Å². The second kappa shape index (κ2) is 7.86. The number of hydrogen-bond acceptors (Lipinski definition) is 5. The fourth-order valence-electron chi connectivity index (χ4n) is 3.26. The van der Waals surface area contributed by atoms with Crippen molar-refractivity contribution in [3.8, 4) is 5.75 Å². The molecule has 1 aromatic carbocycles. The molecule has 1 saturated heterocycles. The first-order valence-corrected chi connectivity index (χ1v) is 10.2. The monoisotopic (exact) mass is 449 g/mol. The van der Waals surface area contributed by atoms with Crippen molar-refractivity contribution in [1.82, 2.24) is 4.90 Å². The first-order chi connectivity index (χ1) is 12.9. The van der Waals surface area contributed by atoms with Crippen LogP contribution in [0, 0.1) is 6.92 Å². The summed E-state index contributed by atoms with van der Waals surface area (Å²) in [6.07, 6.45) is 0.724. The molecule has 1 unspecified atom stereocenters. The van der Waals surface area contributed by atoms with Gasteiger partial charge < -0.3 is 14.7 Å². The largest absolute Gasteiger partial charge is 0.507 e. The molecule has 0 spiro atoms. The minimum atomic E-state index is -0.648. The maximum absolute atomic E-state index is 12.8. The van der Waals surface area contributed by atoms with Gasteiger partial charge in [-0.25, -0.2) is 0 Å². The average Bonchev–Trinajstić information content (AvgIpc) is 3.17. The van der Waals surface area contributed by atoms with Gasteiger partial charge in [-0.05, 0) is 64.5 Å². The van der Waals surface area contributed by atoms with Crippen molar-refractivity contribution in [2.45, 2.75) is 26.3 Å². The predicted octanol–water partition coefficient (Wildman–Crippen LogP) is 4.66. The molecule has 0 bridgehead atoms. The van der Waals surface area contributed by atoms with Crippen molar-refractivity contribution in [3.05, 3.63) is 55.7 Å². The maximum atomic E-state index is 12.8. The summed E-state index contributed by atoms with van der Waals surface area (Å²) in [5.74, 6) is -0.772. The number of aliphatic hydroxyl groups excluding tert-OH is 1. The summed E-state index contributed by atoms with van der Waals surface area (Å²) in [7, 11) is 1.55. The Labute approximate surface area is 170 Å². The van der Waals surface area contributed by atoms with Gasteiger partial charge in [0.2, 0.25) is 0 Å². The molecule has 3 rings (SSSR count). The summed E-state index contributed by atoms with van der Waals surface area (Å²) in [5.41, 5.74) is 1.59. The fraction of sp³-hybridized carbons (Fsp3) is 0.300. The van der Waals surface area contributed by atoms with Gasteiger partial charge in [0.25, 0.3) is 11.7 Å². The Morgan fingerprint density at radius 2 is 2.07 bits per heavy atom. The predicted molar refractivity (Wildman–Crippen MR) is 109 cm³/mol. The summed E-state index contributed by atoms with van der Waals surface area (Å²) >= 11 is 4.88. The smallest absolute Gasteiger partial charge is 0.295 e. The number of methoxy groups -OCH3 is 1. The number of hydrogen-bond donors (Lipinski definition) is 1. The lowest BCUT2D eigenvalue weighted by Gasteiger charge is -2.24. The number of amides is 1. The normalized spacial score (nSPS) is 19.0. The third-order valence-electron chi connectivity index (χ3n) is 4.58. The molecule has 142 valence electrons. The van der Waals surface area contributed by atoms with Crippen LogP contribution >= 0.6 is 27.3 Å². The summed E-state index contributed by atoms with van der Waals surface area (Å²) in [4.78, 5) is 27.9. The topological polar surface area (TPSA) is 66.8 Å². The number of likely N-dealkylation sites (tertiary alicyclic amines) is 1. The van der Waals surface area contributed by atoms with Crippen LogP contribution in [-0.4, -0.2) is 35.4 Å². The number of thiophene rings is 1. The van der Waals surface area contributed by atoms with E-state index in [0.717, 1.165) is 16.9 Å². The van der Waals surface area contributed by atoms with Crippen LogP contribution in [0.1, 0.15) is 35.4 Å². The van der Waals surface area contributed by atoms with Crippen molar-refractivity contribution in [3.63, 3.8) is 0 Å². The summed E-state index contributed by atoms with van der Waals surface area (Å²) in [6, 6.07) is 6.44. The SMILES string of the molecule is CCCN1C(=O)C(=O)/C(=C(\O)c2ccc(OC)c(Br)c2)C1c1sccc1C. The van der Waals surface area contributed by atoms with Crippen molar-refractivity contribution < 1.29 is 19.4 Å². The van der Waals surface area contributed by atoms with E-state index in [2.05, 4.69) is 15.9 Å². The summed E-state index contributed by atoms with van der Waals surface area (Å²) in [5, 5.41) is 12.9. The number of halogens is 1. The molecule has 1 atom stereocenters. The number of ether oxygens (including phenoxy) is 1. The minimum Gasteiger partial charge on any atom is -0.507 e. The molecule has 0 radical (unpaired) electrons. The van der Waals surface area contributed by atoms with Crippen molar-refractivity contribution in [1.29, 1.82) is 0 Å². The number of carbonyl (C=O) groups is 2. The lowest BCUT2D eigenvalue weighted by molar-refractivity contribution is -0.139. The Bertz CT molecular complexity index is 934. The molecular formula is C20H20BrNO4S. The Hall–Kier alpha value is -2.12. The standard InChI is InChI=1S/C20H20BrNO4S/c1-4-8-22-16(19-11(2)7-9-27-19)15(18(24)20(22)25)17(23)12-5-6-14(26-3)13(21)10-12/h5-7,9-10,16,23H,4,8H2,1-3H3/b17-15-. The van der Waals surface area contributed by atoms with Gasteiger partial charge in [-0.1, -0.05) is 6.92 Å². The number of carbonyl (C=O) groups excluding carboxylic acids is 2. The highest BCUT2D eigenvalue weighted by molar-refractivity contribution is 9.10. The zero-order valence-corrected chi connectivity index (χ0v) is 17.7. The van der Waals surface area contributed by atoms with Gasteiger partial charge in [0.15, 0.2) is 0 Å². The number of nitrogens with zero attached hydrogens (tertiary/aromatic N) is 1. The molecule has 1 aromatic heterocycles. The number of benzene rings is 1. The zero-order valence-electron chi connectivity index (χ0n) is 15.3. The van der Waals surface area contributed by atoms with Gasteiger partial charge in [-0.2, -0.15) is 0 Å². The molecule has 1 aliphatic heterocycles. The van der Waals surface area contributed by atoms with Gasteiger partial charge in [-0.3, -0.25) is 9.59 Å². The number of aliphatic hydroxyl groups is 1. The molecule has 0 aliphatic carbocycles. The van der Waals surface area contributed by atoms with Gasteiger partial charge >= 0.3 is 0 Å². The molecule has 1 amide bonds. The van der Waals surface area contributed by atoms with Crippen LogP contribution in [0.2, 0.25) is 0 Å². The second-order valence-corrected chi connectivity index (χ2v) is 8.11. The van der Waals surface area contributed by atoms with Crippen LogP contribution in [0.15, 0.2) is 39.7 Å². The molecule has 2 heterocycles. The van der Waals surface area contributed by atoms with E-state index in [0.29, 0.717) is 22.3 Å². The highest BCUT2D eigenvalue weighted by atomic mass is 79.9. The molecule has 27 heavy (non-hydrogen) atoms. The van der Waals surface area contributed by atoms with Gasteiger partial charge in [0.1, 0.15) is 11.5 Å². The number of Topliss-reactive ketones (excluding diaryl/α,β-unsaturated/α-hetero) is 1. The number of rotatable bonds is 5. The van der Waals surface area contributed by atoms with Gasteiger partial charge in [0.05, 0.1) is 23.2 Å². The van der Waals surface area contributed by atoms with Gasteiger partial charge in [-0.15, -0.1) is 11.3 Å². The van der Waals surface area contributed by atoms with E-state index >= 15 is 0 Å². The summed E-state index contributed by atoms with van der Waals surface area (Å²) < 4.78 is 5.87. The Morgan fingerprint density at radius 1 is 1.33 bits per heavy atom. The molecule has 2 aromatic rings. The lowest BCUT2D eigenvalue weighted by Crippen LogP contribution is -2.30. The van der Waals surface area contributed by atoms with Crippen LogP contribution < -0.4 is 4.74 Å². The molecule has 1 aliphatic rings. The highest BCUT2D eigenvalue weighted by Gasteiger charge is 2.46. The molecule has 1 fully saturated rings. The molecule has 7 heteroatoms. The van der Waals surface area contributed by atoms with E-state index < -0.39 is 17.7 Å². The van der Waals surface area contributed by atoms with E-state index in [9.17, 15) is 14.7 Å². The third-order valence-corrected chi connectivity index (χ3v) is 6.27. The first kappa shape index (κ1) is 19.6. The third kappa shape index (κ3) is 3.41. The van der Waals surface area contributed by atoms with Crippen molar-refractivity contribution in [2.24, 2.45) is 0 Å². The molecule has 5 nitrogen and oxygen atoms in total. The lowest BCUT2D eigenvalue weighted by atomic mass is 9.98. The van der Waals surface area contributed by atoms with E-state index in [-0.39, 0.29) is 11.3 Å². The molecule has 1 N–H and O–H groups in total. The average molecular weight is 450 g/mol. The maximum Gasteiger partial charge on any atom is 0.295 e. The fourth-order valence-corrected chi connectivity index (χ4v) is 4.85. The Kier molecular flexibility index (Phi) is 5.72. The van der Waals surface area contributed by atoms with Crippen molar-refractivity contribution in [2.75, 3.05) is 13.7 Å². The van der Waals surface area contributed by atoms with Crippen LogP contribution in [0.5, 0.6) is 5.75 Å². The molecule has 0 saturated carbocycles. The Morgan fingerprint density at radius 3 is 2.63 bits per heavy atom. The van der Waals surface area contributed by atoms with E-state index in [1.165, 1.54) is 11.3 Å². The van der Waals surface area contributed by atoms with Crippen LogP contribution in [0.3, 0.4) is 0 Å². The minimum absolute atomic E-state index is 0.135. The van der Waals surface area contributed by atoms with E-state index in [1.807, 2.05) is 25.3 Å². The molecular weight excluding hydrogens is 430 g/mol. The van der Waals surface area contributed by atoms with Crippen LogP contribution in [0.4, 0.5) is 0 Å². The first-order valence-electron chi connectivity index (χ1n) is 8.57. The van der Waals surface area contributed by atoms with Crippen LogP contribution in [0.25, 0.3) is 5.76 Å². The van der Waals surface area contributed by atoms with E-state index in [4.69, 9.17) is 4.74 Å². The quantitative estimate of drug-likeness (QED) is 0.409.